The van der Waals surface area contributed by atoms with Crippen LogP contribution in [-0.2, 0) is 16.0 Å². The van der Waals surface area contributed by atoms with Crippen LogP contribution in [-0.4, -0.2) is 48.5 Å². The lowest BCUT2D eigenvalue weighted by Crippen LogP contribution is -2.36. The van der Waals surface area contributed by atoms with Gasteiger partial charge in [-0.15, -0.1) is 0 Å². The number of carbonyl (C=O) groups is 2. The molecule has 6 heteroatoms. The first kappa shape index (κ1) is 22.1. The zero-order valence-electron chi connectivity index (χ0n) is 18.8. The number of piperidine rings is 1. The van der Waals surface area contributed by atoms with Gasteiger partial charge in [0.2, 0.25) is 5.91 Å². The Balaban J connectivity index is 1.32. The van der Waals surface area contributed by atoms with Crippen LogP contribution in [0.15, 0.2) is 48.5 Å². The number of H-pyrrole nitrogens is 1. The van der Waals surface area contributed by atoms with Gasteiger partial charge in [-0.05, 0) is 62.9 Å². The molecule has 1 aliphatic rings. The summed E-state index contributed by atoms with van der Waals surface area (Å²) in [6.07, 6.45) is 3.84. The third kappa shape index (κ3) is 5.19. The zero-order chi connectivity index (χ0) is 22.5. The number of nitrogens with zero attached hydrogens (tertiary/aromatic N) is 1. The number of aromatic nitrogens is 1. The molecule has 0 saturated carbocycles. The van der Waals surface area contributed by atoms with E-state index in [1.807, 2.05) is 25.1 Å². The number of esters is 1. The van der Waals surface area contributed by atoms with Gasteiger partial charge in [-0.25, -0.2) is 4.79 Å². The summed E-state index contributed by atoms with van der Waals surface area (Å²) in [6.45, 7) is 4.74. The molecule has 0 unspecified atom stereocenters. The van der Waals surface area contributed by atoms with Crippen molar-refractivity contribution in [1.82, 2.24) is 9.88 Å². The van der Waals surface area contributed by atoms with E-state index >= 15 is 0 Å². The number of fused-ring (bicyclic) bond motifs is 1. The number of anilines is 1. The van der Waals surface area contributed by atoms with Crippen molar-refractivity contribution in [2.24, 2.45) is 5.92 Å². The number of carbonyl (C=O) groups excluding carboxylic acids is 2. The average Bonchev–Trinajstić information content (AvgIpc) is 3.16. The van der Waals surface area contributed by atoms with Crippen LogP contribution in [0, 0.1) is 12.8 Å². The topological polar surface area (TPSA) is 74.4 Å². The lowest BCUT2D eigenvalue weighted by molar-refractivity contribution is -0.116. The van der Waals surface area contributed by atoms with Gasteiger partial charge >= 0.3 is 5.97 Å². The Morgan fingerprint density at radius 3 is 2.59 bits per heavy atom. The van der Waals surface area contributed by atoms with E-state index in [0.717, 1.165) is 55.4 Å². The van der Waals surface area contributed by atoms with Crippen molar-refractivity contribution in [3.05, 3.63) is 65.4 Å². The molecule has 1 saturated heterocycles. The number of benzene rings is 2. The van der Waals surface area contributed by atoms with Crippen molar-refractivity contribution in [3.8, 4) is 0 Å². The number of nitrogens with one attached hydrogen (secondary N) is 2. The molecule has 1 fully saturated rings. The smallest absolute Gasteiger partial charge is 0.356 e. The van der Waals surface area contributed by atoms with Crippen molar-refractivity contribution in [1.29, 1.82) is 0 Å². The molecule has 4 rings (SSSR count). The molecule has 2 aromatic carbocycles. The van der Waals surface area contributed by atoms with Crippen LogP contribution in [0.25, 0.3) is 10.9 Å². The van der Waals surface area contributed by atoms with Crippen LogP contribution in [0.4, 0.5) is 5.69 Å². The SMILES string of the molecule is COC(=O)c1[nH]c2ccc(C)cc2c1NC(=O)CCN1CCC(Cc2ccccc2)CC1. The minimum Gasteiger partial charge on any atom is -0.464 e. The van der Waals surface area contributed by atoms with Crippen LogP contribution < -0.4 is 5.32 Å². The van der Waals surface area contributed by atoms with E-state index in [1.54, 1.807) is 0 Å². The quantitative estimate of drug-likeness (QED) is 0.536. The Hall–Kier alpha value is -3.12. The van der Waals surface area contributed by atoms with Gasteiger partial charge in [-0.3, -0.25) is 4.79 Å². The van der Waals surface area contributed by atoms with E-state index in [9.17, 15) is 9.59 Å². The van der Waals surface area contributed by atoms with Crippen molar-refractivity contribution in [3.63, 3.8) is 0 Å². The fourth-order valence-corrected chi connectivity index (χ4v) is 4.51. The summed E-state index contributed by atoms with van der Waals surface area (Å²) in [6, 6.07) is 16.5. The molecule has 1 aromatic heterocycles. The normalized spacial score (nSPS) is 15.1. The second-order valence-electron chi connectivity index (χ2n) is 8.69. The van der Waals surface area contributed by atoms with E-state index in [0.29, 0.717) is 18.0 Å². The minimum absolute atomic E-state index is 0.0935. The van der Waals surface area contributed by atoms with Crippen LogP contribution in [0.2, 0.25) is 0 Å². The Labute approximate surface area is 188 Å². The maximum absolute atomic E-state index is 12.7. The number of aryl methyl sites for hydroxylation is 1. The van der Waals surface area contributed by atoms with Crippen molar-refractivity contribution < 1.29 is 14.3 Å². The van der Waals surface area contributed by atoms with Gasteiger partial charge in [0.05, 0.1) is 12.8 Å². The van der Waals surface area contributed by atoms with E-state index < -0.39 is 5.97 Å². The molecule has 1 aliphatic heterocycles. The molecule has 0 radical (unpaired) electrons. The fraction of sp³-hybridized carbons (Fsp3) is 0.385. The Morgan fingerprint density at radius 1 is 1.12 bits per heavy atom. The number of rotatable bonds is 7. The number of methoxy groups -OCH3 is 1. The molecule has 32 heavy (non-hydrogen) atoms. The predicted octanol–water partition coefficient (Wildman–Crippen LogP) is 4.55. The van der Waals surface area contributed by atoms with E-state index in [4.69, 9.17) is 4.74 Å². The minimum atomic E-state index is -0.491. The summed E-state index contributed by atoms with van der Waals surface area (Å²) in [7, 11) is 1.34. The van der Waals surface area contributed by atoms with Crippen molar-refractivity contribution in [2.75, 3.05) is 32.1 Å². The monoisotopic (exact) mass is 433 g/mol. The molecule has 3 aromatic rings. The number of hydrogen-bond acceptors (Lipinski definition) is 4. The molecular weight excluding hydrogens is 402 g/mol. The van der Waals surface area contributed by atoms with Gasteiger partial charge in [0.15, 0.2) is 0 Å². The van der Waals surface area contributed by atoms with Gasteiger partial charge in [0.1, 0.15) is 5.69 Å². The van der Waals surface area contributed by atoms with Crippen LogP contribution in [0.1, 0.15) is 40.9 Å². The highest BCUT2D eigenvalue weighted by Crippen LogP contribution is 2.29. The summed E-state index contributed by atoms with van der Waals surface area (Å²) >= 11 is 0. The van der Waals surface area contributed by atoms with Crippen LogP contribution in [0.5, 0.6) is 0 Å². The molecule has 0 bridgehead atoms. The van der Waals surface area contributed by atoms with Gasteiger partial charge < -0.3 is 19.9 Å². The summed E-state index contributed by atoms with van der Waals surface area (Å²) in [5.41, 5.74) is 4.04. The molecule has 2 N–H and O–H groups in total. The van der Waals surface area contributed by atoms with Crippen molar-refractivity contribution in [2.45, 2.75) is 32.6 Å². The highest BCUT2D eigenvalue weighted by atomic mass is 16.5. The Morgan fingerprint density at radius 2 is 1.88 bits per heavy atom. The lowest BCUT2D eigenvalue weighted by atomic mass is 9.90. The van der Waals surface area contributed by atoms with Crippen molar-refractivity contribution >= 4 is 28.5 Å². The third-order valence-corrected chi connectivity index (χ3v) is 6.34. The van der Waals surface area contributed by atoms with Gasteiger partial charge in [0.25, 0.3) is 0 Å². The summed E-state index contributed by atoms with van der Waals surface area (Å²) in [5, 5.41) is 3.78. The number of aromatic amines is 1. The number of amides is 1. The Bertz CT molecular complexity index is 1080. The van der Waals surface area contributed by atoms with Gasteiger partial charge in [0, 0.05) is 23.9 Å². The molecule has 0 aliphatic carbocycles. The molecule has 1 amide bonds. The molecular formula is C26H31N3O3. The highest BCUT2D eigenvalue weighted by Gasteiger charge is 2.22. The maximum Gasteiger partial charge on any atom is 0.356 e. The third-order valence-electron chi connectivity index (χ3n) is 6.34. The largest absolute Gasteiger partial charge is 0.464 e. The first-order valence-corrected chi connectivity index (χ1v) is 11.3. The second kappa shape index (κ2) is 10.0. The number of likely N-dealkylation sites (tertiary alicyclic amines) is 1. The molecule has 6 nitrogen and oxygen atoms in total. The summed E-state index contributed by atoms with van der Waals surface area (Å²) in [5.74, 6) is 0.123. The number of hydrogen-bond donors (Lipinski definition) is 2. The van der Waals surface area contributed by atoms with Crippen LogP contribution in [0.3, 0.4) is 0 Å². The summed E-state index contributed by atoms with van der Waals surface area (Å²) < 4.78 is 4.90. The molecule has 2 heterocycles. The molecule has 168 valence electrons. The number of ether oxygens (including phenoxy) is 1. The zero-order valence-corrected chi connectivity index (χ0v) is 18.8. The second-order valence-corrected chi connectivity index (χ2v) is 8.69. The standard InChI is InChI=1S/C26H31N3O3/c1-18-8-9-22-21(16-18)24(25(27-22)26(31)32-2)28-23(30)12-15-29-13-10-20(11-14-29)17-19-6-4-3-5-7-19/h3-9,16,20,27H,10-15,17H2,1-2H3,(H,28,30). The Kier molecular flexibility index (Phi) is 6.90. The lowest BCUT2D eigenvalue weighted by Gasteiger charge is -2.31. The first-order valence-electron chi connectivity index (χ1n) is 11.3. The predicted molar refractivity (Wildman–Crippen MR) is 127 cm³/mol. The van der Waals surface area contributed by atoms with E-state index in [1.165, 1.54) is 12.7 Å². The molecule has 0 atom stereocenters. The van der Waals surface area contributed by atoms with Gasteiger partial charge in [-0.1, -0.05) is 42.0 Å². The van der Waals surface area contributed by atoms with Crippen LogP contribution >= 0.6 is 0 Å². The highest BCUT2D eigenvalue weighted by molar-refractivity contribution is 6.11. The fourth-order valence-electron chi connectivity index (χ4n) is 4.51. The van der Waals surface area contributed by atoms with E-state index in [-0.39, 0.29) is 11.6 Å². The van der Waals surface area contributed by atoms with Gasteiger partial charge in [-0.2, -0.15) is 0 Å². The summed E-state index contributed by atoms with van der Waals surface area (Å²) in [4.78, 5) is 30.4. The maximum atomic E-state index is 12.7. The average molecular weight is 434 g/mol. The first-order chi connectivity index (χ1) is 15.5. The molecule has 0 spiro atoms. The van der Waals surface area contributed by atoms with E-state index in [2.05, 4.69) is 45.5 Å².